The highest BCUT2D eigenvalue weighted by molar-refractivity contribution is 7.92. The molecule has 0 aromatic rings. The number of carbonyl (C=O) groups excluding carboxylic acids is 2. The van der Waals surface area contributed by atoms with Crippen LogP contribution in [0.25, 0.3) is 0 Å². The third kappa shape index (κ3) is 2.82. The van der Waals surface area contributed by atoms with Gasteiger partial charge in [-0.1, -0.05) is 6.92 Å². The van der Waals surface area contributed by atoms with Gasteiger partial charge in [-0.05, 0) is 32.6 Å². The molecule has 6 nitrogen and oxygen atoms in total. The molecule has 0 bridgehead atoms. The highest BCUT2D eigenvalue weighted by atomic mass is 32.2. The van der Waals surface area contributed by atoms with Gasteiger partial charge in [-0.15, -0.1) is 0 Å². The predicted molar refractivity (Wildman–Crippen MR) is 72.7 cm³/mol. The van der Waals surface area contributed by atoms with Crippen molar-refractivity contribution in [3.63, 3.8) is 0 Å². The molecular formula is C13H22O6S. The van der Waals surface area contributed by atoms with Crippen LogP contribution < -0.4 is 0 Å². The van der Waals surface area contributed by atoms with E-state index in [0.717, 1.165) is 6.26 Å². The maximum absolute atomic E-state index is 12.2. The van der Waals surface area contributed by atoms with Crippen LogP contribution in [0, 0.1) is 11.8 Å². The van der Waals surface area contributed by atoms with Crippen LogP contribution in [0.2, 0.25) is 0 Å². The van der Waals surface area contributed by atoms with E-state index in [4.69, 9.17) is 9.47 Å². The normalized spacial score (nSPS) is 30.0. The van der Waals surface area contributed by atoms with Gasteiger partial charge in [-0.2, -0.15) is 0 Å². The maximum atomic E-state index is 12.2. The molecule has 1 saturated carbocycles. The van der Waals surface area contributed by atoms with Crippen molar-refractivity contribution in [2.24, 2.45) is 11.8 Å². The van der Waals surface area contributed by atoms with Gasteiger partial charge in [0.15, 0.2) is 14.6 Å². The quantitative estimate of drug-likeness (QED) is 0.703. The Morgan fingerprint density at radius 3 is 2.20 bits per heavy atom. The molecule has 7 heteroatoms. The largest absolute Gasteiger partial charge is 0.466 e. The fourth-order valence-electron chi connectivity index (χ4n) is 2.91. The zero-order chi connectivity index (χ0) is 15.6. The Morgan fingerprint density at radius 2 is 1.75 bits per heavy atom. The molecule has 0 aliphatic heterocycles. The molecule has 1 aliphatic rings. The molecule has 0 heterocycles. The summed E-state index contributed by atoms with van der Waals surface area (Å²) in [4.78, 5) is 24.0. The summed E-state index contributed by atoms with van der Waals surface area (Å²) in [6, 6.07) is 0. The molecule has 3 atom stereocenters. The molecule has 0 aromatic heterocycles. The fourth-order valence-corrected chi connectivity index (χ4v) is 4.61. The summed E-state index contributed by atoms with van der Waals surface area (Å²) in [7, 11) is -3.70. The van der Waals surface area contributed by atoms with Crippen molar-refractivity contribution in [3.8, 4) is 0 Å². The standard InChI is InChI=1S/C13H22O6S/c1-5-18-11(14)10-7-9(3)13(8-10,20(4,16)17)12(15)19-6-2/h9-10H,5-8H2,1-4H3/t9-,10-,13-/m0/s1. The molecule has 116 valence electrons. The smallest absolute Gasteiger partial charge is 0.327 e. The van der Waals surface area contributed by atoms with Crippen molar-refractivity contribution in [1.82, 2.24) is 0 Å². The lowest BCUT2D eigenvalue weighted by atomic mass is 9.97. The summed E-state index contributed by atoms with van der Waals surface area (Å²) in [5.41, 5.74) is 0. The van der Waals surface area contributed by atoms with Gasteiger partial charge >= 0.3 is 11.9 Å². The van der Waals surface area contributed by atoms with Crippen LogP contribution in [0.3, 0.4) is 0 Å². The Morgan fingerprint density at radius 1 is 1.20 bits per heavy atom. The lowest BCUT2D eigenvalue weighted by Crippen LogP contribution is -2.49. The number of ether oxygens (including phenoxy) is 2. The molecule has 0 unspecified atom stereocenters. The Hall–Kier alpha value is -1.11. The minimum absolute atomic E-state index is 0.0648. The molecule has 1 fully saturated rings. The first-order chi connectivity index (χ1) is 9.20. The van der Waals surface area contributed by atoms with E-state index in [1.165, 1.54) is 0 Å². The second-order valence-corrected chi connectivity index (χ2v) is 7.44. The van der Waals surface area contributed by atoms with Crippen LogP contribution in [0.4, 0.5) is 0 Å². The van der Waals surface area contributed by atoms with E-state index in [9.17, 15) is 18.0 Å². The van der Waals surface area contributed by atoms with E-state index >= 15 is 0 Å². The average Bonchev–Trinajstić information content (AvgIpc) is 2.68. The van der Waals surface area contributed by atoms with E-state index in [0.29, 0.717) is 6.42 Å². The van der Waals surface area contributed by atoms with Crippen molar-refractivity contribution < 1.29 is 27.5 Å². The van der Waals surface area contributed by atoms with Gasteiger partial charge in [0.05, 0.1) is 19.1 Å². The molecule has 0 radical (unpaired) electrons. The van der Waals surface area contributed by atoms with Crippen LogP contribution in [0.15, 0.2) is 0 Å². The van der Waals surface area contributed by atoms with E-state index < -0.39 is 38.4 Å². The Balaban J connectivity index is 3.14. The number of carbonyl (C=O) groups is 2. The maximum Gasteiger partial charge on any atom is 0.327 e. The lowest BCUT2D eigenvalue weighted by molar-refractivity contribution is -0.148. The molecule has 0 saturated heterocycles. The highest BCUT2D eigenvalue weighted by Gasteiger charge is 2.60. The van der Waals surface area contributed by atoms with Crippen LogP contribution in [-0.4, -0.2) is 44.6 Å². The van der Waals surface area contributed by atoms with Crippen molar-refractivity contribution in [1.29, 1.82) is 0 Å². The predicted octanol–water partition coefficient (Wildman–Crippen LogP) is 0.942. The molecule has 0 amide bonds. The number of hydrogen-bond donors (Lipinski definition) is 0. The van der Waals surface area contributed by atoms with Crippen molar-refractivity contribution in [2.45, 2.75) is 38.4 Å². The van der Waals surface area contributed by atoms with E-state index in [2.05, 4.69) is 0 Å². The van der Waals surface area contributed by atoms with Crippen molar-refractivity contribution in [3.05, 3.63) is 0 Å². The topological polar surface area (TPSA) is 86.7 Å². The number of hydrogen-bond acceptors (Lipinski definition) is 6. The summed E-state index contributed by atoms with van der Waals surface area (Å²) in [6.45, 7) is 5.31. The third-order valence-corrected chi connectivity index (χ3v) is 5.95. The second kappa shape index (κ2) is 6.11. The molecule has 1 aliphatic carbocycles. The highest BCUT2D eigenvalue weighted by Crippen LogP contribution is 2.46. The van der Waals surface area contributed by atoms with E-state index in [1.54, 1.807) is 20.8 Å². The molecular weight excluding hydrogens is 284 g/mol. The SMILES string of the molecule is CCOC(=O)[C@H]1C[C@H](C)[C@@](C(=O)OCC)(S(C)(=O)=O)C1. The van der Waals surface area contributed by atoms with Crippen molar-refractivity contribution in [2.75, 3.05) is 19.5 Å². The minimum Gasteiger partial charge on any atom is -0.466 e. The monoisotopic (exact) mass is 306 g/mol. The van der Waals surface area contributed by atoms with Gasteiger partial charge in [-0.3, -0.25) is 9.59 Å². The summed E-state index contributed by atoms with van der Waals surface area (Å²) in [6.07, 6.45) is 1.27. The third-order valence-electron chi connectivity index (χ3n) is 3.89. The fraction of sp³-hybridized carbons (Fsp3) is 0.846. The first-order valence-electron chi connectivity index (χ1n) is 6.74. The van der Waals surface area contributed by atoms with Gasteiger partial charge in [0.2, 0.25) is 0 Å². The van der Waals surface area contributed by atoms with Gasteiger partial charge in [0.1, 0.15) is 0 Å². The first kappa shape index (κ1) is 16.9. The average molecular weight is 306 g/mol. The first-order valence-corrected chi connectivity index (χ1v) is 8.63. The van der Waals surface area contributed by atoms with Gasteiger partial charge in [0.25, 0.3) is 0 Å². The van der Waals surface area contributed by atoms with Gasteiger partial charge in [-0.25, -0.2) is 8.42 Å². The van der Waals surface area contributed by atoms with Crippen LogP contribution in [0.5, 0.6) is 0 Å². The Bertz CT molecular complexity index is 483. The molecule has 1 rings (SSSR count). The summed E-state index contributed by atoms with van der Waals surface area (Å²) >= 11 is 0. The Kier molecular flexibility index (Phi) is 5.18. The molecule has 20 heavy (non-hydrogen) atoms. The lowest BCUT2D eigenvalue weighted by Gasteiger charge is -2.29. The van der Waals surface area contributed by atoms with Crippen LogP contribution >= 0.6 is 0 Å². The Labute approximate surface area is 119 Å². The molecule has 0 aromatic carbocycles. The number of rotatable bonds is 5. The van der Waals surface area contributed by atoms with Gasteiger partial charge in [0, 0.05) is 6.26 Å². The van der Waals surface area contributed by atoms with Crippen molar-refractivity contribution >= 4 is 21.8 Å². The summed E-state index contributed by atoms with van der Waals surface area (Å²) in [5, 5.41) is 0. The van der Waals surface area contributed by atoms with Gasteiger partial charge < -0.3 is 9.47 Å². The molecule has 0 spiro atoms. The van der Waals surface area contributed by atoms with E-state index in [1.807, 2.05) is 0 Å². The van der Waals surface area contributed by atoms with E-state index in [-0.39, 0.29) is 19.6 Å². The summed E-state index contributed by atoms with van der Waals surface area (Å²) in [5.74, 6) is -2.27. The molecule has 0 N–H and O–H groups in total. The second-order valence-electron chi connectivity index (χ2n) is 5.17. The number of esters is 2. The van der Waals surface area contributed by atoms with Crippen LogP contribution in [0.1, 0.15) is 33.6 Å². The zero-order valence-corrected chi connectivity index (χ0v) is 13.2. The minimum atomic E-state index is -3.70. The number of sulfone groups is 1. The van der Waals surface area contributed by atoms with Crippen LogP contribution in [-0.2, 0) is 28.9 Å². The summed E-state index contributed by atoms with van der Waals surface area (Å²) < 4.78 is 32.5. The zero-order valence-electron chi connectivity index (χ0n) is 12.3.